The lowest BCUT2D eigenvalue weighted by atomic mass is 10.2. The summed E-state index contributed by atoms with van der Waals surface area (Å²) in [6.45, 7) is 5.81. The van der Waals surface area contributed by atoms with Gasteiger partial charge in [0.15, 0.2) is 5.96 Å². The highest BCUT2D eigenvalue weighted by atomic mass is 127. The maximum absolute atomic E-state index is 13.9. The van der Waals surface area contributed by atoms with Crippen LogP contribution in [-0.4, -0.2) is 64.3 Å². The highest BCUT2D eigenvalue weighted by Crippen LogP contribution is 2.18. The number of nitrogens with two attached hydrogens (primary N) is 1. The molecule has 2 rings (SSSR count). The fraction of sp³-hybridized carbons (Fsp3) is 0.588. The molecule has 0 spiro atoms. The molecule has 8 heteroatoms. The van der Waals surface area contributed by atoms with Gasteiger partial charge in [0.2, 0.25) is 0 Å². The van der Waals surface area contributed by atoms with Gasteiger partial charge in [-0.3, -0.25) is 4.90 Å². The quantitative estimate of drug-likeness (QED) is 0.278. The summed E-state index contributed by atoms with van der Waals surface area (Å²) in [6.07, 6.45) is 1.00. The Labute approximate surface area is 166 Å². The number of ether oxygens (including phenoxy) is 1. The van der Waals surface area contributed by atoms with E-state index < -0.39 is 0 Å². The lowest BCUT2D eigenvalue weighted by Gasteiger charge is -2.26. The van der Waals surface area contributed by atoms with Gasteiger partial charge >= 0.3 is 0 Å². The first-order chi connectivity index (χ1) is 11.6. The summed E-state index contributed by atoms with van der Waals surface area (Å²) in [5, 5.41) is 3.10. The minimum Gasteiger partial charge on any atom is -0.379 e. The van der Waals surface area contributed by atoms with Gasteiger partial charge in [0.05, 0.1) is 25.4 Å². The van der Waals surface area contributed by atoms with E-state index in [0.29, 0.717) is 18.2 Å². The van der Waals surface area contributed by atoms with Crippen molar-refractivity contribution in [3.8, 4) is 0 Å². The smallest absolute Gasteiger partial charge is 0.188 e. The topological polar surface area (TPSA) is 66.1 Å². The van der Waals surface area contributed by atoms with Crippen LogP contribution in [-0.2, 0) is 11.3 Å². The molecule has 0 radical (unpaired) electrons. The molecule has 6 nitrogen and oxygen atoms in total. The third-order valence-electron chi connectivity index (χ3n) is 3.99. The van der Waals surface area contributed by atoms with E-state index in [1.54, 1.807) is 11.0 Å². The Morgan fingerprint density at radius 3 is 2.72 bits per heavy atom. The Balaban J connectivity index is 0.00000312. The minimum atomic E-state index is -0.246. The number of aliphatic imine (C=N–C) groups is 1. The molecule has 0 atom stereocenters. The molecule has 142 valence electrons. The molecule has 0 bridgehead atoms. The first-order valence-corrected chi connectivity index (χ1v) is 8.36. The number of rotatable bonds is 7. The lowest BCUT2D eigenvalue weighted by Crippen LogP contribution is -2.39. The zero-order valence-corrected chi connectivity index (χ0v) is 17.3. The van der Waals surface area contributed by atoms with Crippen LogP contribution in [0.3, 0.4) is 0 Å². The van der Waals surface area contributed by atoms with Crippen molar-refractivity contribution in [1.29, 1.82) is 0 Å². The second-order valence-corrected chi connectivity index (χ2v) is 6.12. The van der Waals surface area contributed by atoms with Crippen molar-refractivity contribution in [1.82, 2.24) is 10.2 Å². The molecule has 25 heavy (non-hydrogen) atoms. The number of hydrogen-bond donors (Lipinski definition) is 2. The second kappa shape index (κ2) is 11.5. The molecule has 1 aliphatic heterocycles. The van der Waals surface area contributed by atoms with Crippen LogP contribution in [0.4, 0.5) is 10.1 Å². The number of nitrogens with one attached hydrogen (secondary N) is 1. The molecular weight excluding hydrogens is 436 g/mol. The van der Waals surface area contributed by atoms with Crippen molar-refractivity contribution in [2.75, 3.05) is 58.4 Å². The molecule has 1 fully saturated rings. The van der Waals surface area contributed by atoms with Crippen LogP contribution in [0.15, 0.2) is 23.2 Å². The number of hydrogen-bond acceptors (Lipinski definition) is 4. The van der Waals surface area contributed by atoms with Gasteiger partial charge in [-0.1, -0.05) is 6.07 Å². The lowest BCUT2D eigenvalue weighted by molar-refractivity contribution is 0.0376. The summed E-state index contributed by atoms with van der Waals surface area (Å²) in [5.41, 5.74) is 7.23. The van der Waals surface area contributed by atoms with E-state index in [1.165, 1.54) is 6.07 Å². The van der Waals surface area contributed by atoms with E-state index in [0.717, 1.165) is 51.4 Å². The fourth-order valence-corrected chi connectivity index (χ4v) is 2.59. The van der Waals surface area contributed by atoms with Crippen LogP contribution in [0.5, 0.6) is 0 Å². The van der Waals surface area contributed by atoms with E-state index in [9.17, 15) is 4.39 Å². The maximum atomic E-state index is 13.9. The molecule has 1 saturated heterocycles. The predicted molar refractivity (Wildman–Crippen MR) is 111 cm³/mol. The van der Waals surface area contributed by atoms with Crippen LogP contribution in [0.1, 0.15) is 12.0 Å². The molecule has 0 amide bonds. The highest BCUT2D eigenvalue weighted by molar-refractivity contribution is 14.0. The second-order valence-electron chi connectivity index (χ2n) is 6.12. The number of morpholine rings is 1. The van der Waals surface area contributed by atoms with Crippen LogP contribution in [0, 0.1) is 5.82 Å². The van der Waals surface area contributed by atoms with E-state index in [-0.39, 0.29) is 29.8 Å². The molecule has 0 saturated carbocycles. The van der Waals surface area contributed by atoms with Gasteiger partial charge in [-0.15, -0.1) is 24.0 Å². The normalized spacial score (nSPS) is 15.6. The largest absolute Gasteiger partial charge is 0.379 e. The third-order valence-corrected chi connectivity index (χ3v) is 3.99. The van der Waals surface area contributed by atoms with E-state index in [1.807, 2.05) is 20.2 Å². The highest BCUT2D eigenvalue weighted by Gasteiger charge is 2.09. The van der Waals surface area contributed by atoms with Crippen molar-refractivity contribution in [2.24, 2.45) is 10.7 Å². The molecule has 1 aromatic rings. The van der Waals surface area contributed by atoms with Crippen LogP contribution in [0.25, 0.3) is 0 Å². The molecule has 1 heterocycles. The Morgan fingerprint density at radius 2 is 2.08 bits per heavy atom. The van der Waals surface area contributed by atoms with E-state index >= 15 is 0 Å². The minimum absolute atomic E-state index is 0. The number of nitrogens with zero attached hydrogens (tertiary/aromatic N) is 3. The van der Waals surface area contributed by atoms with Crippen LogP contribution in [0.2, 0.25) is 0 Å². The van der Waals surface area contributed by atoms with Crippen molar-refractivity contribution in [3.05, 3.63) is 29.6 Å². The van der Waals surface area contributed by atoms with Crippen molar-refractivity contribution in [2.45, 2.75) is 13.0 Å². The van der Waals surface area contributed by atoms with Crippen molar-refractivity contribution in [3.63, 3.8) is 0 Å². The number of benzene rings is 1. The predicted octanol–water partition coefficient (Wildman–Crippen LogP) is 1.64. The van der Waals surface area contributed by atoms with Gasteiger partial charge in [0.25, 0.3) is 0 Å². The summed E-state index contributed by atoms with van der Waals surface area (Å²) in [6, 6.07) is 5.13. The van der Waals surface area contributed by atoms with Crippen LogP contribution < -0.4 is 16.0 Å². The molecular formula is C17H29FIN5O. The molecule has 3 N–H and O–H groups in total. The number of halogens is 2. The zero-order chi connectivity index (χ0) is 17.4. The van der Waals surface area contributed by atoms with Gasteiger partial charge in [0, 0.05) is 33.7 Å². The maximum Gasteiger partial charge on any atom is 0.188 e. The van der Waals surface area contributed by atoms with Crippen LogP contribution >= 0.6 is 24.0 Å². The average Bonchev–Trinajstić information content (AvgIpc) is 2.57. The monoisotopic (exact) mass is 465 g/mol. The molecule has 0 aromatic heterocycles. The average molecular weight is 465 g/mol. The summed E-state index contributed by atoms with van der Waals surface area (Å²) in [5.74, 6) is 0.152. The SMILES string of the molecule is CN(C)c1ccc(CN=C(N)NCCCN2CCOCC2)cc1F.I. The fourth-order valence-electron chi connectivity index (χ4n) is 2.59. The van der Waals surface area contributed by atoms with Gasteiger partial charge in [-0.05, 0) is 30.7 Å². The van der Waals surface area contributed by atoms with E-state index in [4.69, 9.17) is 10.5 Å². The molecule has 0 aliphatic carbocycles. The number of guanidine groups is 1. The summed E-state index contributed by atoms with van der Waals surface area (Å²) in [7, 11) is 3.63. The summed E-state index contributed by atoms with van der Waals surface area (Å²) >= 11 is 0. The van der Waals surface area contributed by atoms with Crippen molar-refractivity contribution < 1.29 is 9.13 Å². The Hall–Kier alpha value is -1.13. The Morgan fingerprint density at radius 1 is 1.36 bits per heavy atom. The van der Waals surface area contributed by atoms with Gasteiger partial charge in [-0.25, -0.2) is 9.38 Å². The standard InChI is InChI=1S/C17H28FN5O.HI/c1-22(2)16-5-4-14(12-15(16)18)13-21-17(19)20-6-3-7-23-8-10-24-11-9-23;/h4-5,12H,3,6-11,13H2,1-2H3,(H3,19,20,21);1H. The molecule has 1 aliphatic rings. The first-order valence-electron chi connectivity index (χ1n) is 8.36. The summed E-state index contributed by atoms with van der Waals surface area (Å²) < 4.78 is 19.2. The molecule has 0 unspecified atom stereocenters. The van der Waals surface area contributed by atoms with Gasteiger partial charge in [-0.2, -0.15) is 0 Å². The van der Waals surface area contributed by atoms with Gasteiger partial charge < -0.3 is 20.7 Å². The Kier molecular flexibility index (Phi) is 10.1. The van der Waals surface area contributed by atoms with Gasteiger partial charge in [0.1, 0.15) is 5.82 Å². The third kappa shape index (κ3) is 7.74. The van der Waals surface area contributed by atoms with E-state index in [2.05, 4.69) is 15.2 Å². The number of anilines is 1. The van der Waals surface area contributed by atoms with Crippen molar-refractivity contribution >= 4 is 35.6 Å². The first kappa shape index (κ1) is 21.9. The zero-order valence-electron chi connectivity index (χ0n) is 15.0. The summed E-state index contributed by atoms with van der Waals surface area (Å²) in [4.78, 5) is 8.39. The molecule has 1 aromatic carbocycles. The Bertz CT molecular complexity index is 550.